The third-order valence-electron chi connectivity index (χ3n) is 2.69. The number of benzene rings is 1. The fourth-order valence-electron chi connectivity index (χ4n) is 1.57. The number of aliphatic hydroxyl groups is 1. The Bertz CT molecular complexity index is 512. The van der Waals surface area contributed by atoms with Crippen LogP contribution in [0.4, 0.5) is 5.69 Å². The van der Waals surface area contributed by atoms with E-state index in [4.69, 9.17) is 14.6 Å². The Hall–Kier alpha value is -2.15. The Kier molecular flexibility index (Phi) is 5.45. The highest BCUT2D eigenvalue weighted by Crippen LogP contribution is 2.29. The van der Waals surface area contributed by atoms with Crippen molar-refractivity contribution < 1.29 is 24.3 Å². The smallest absolute Gasteiger partial charge is 0.308 e. The van der Waals surface area contributed by atoms with Crippen LogP contribution in [-0.2, 0) is 22.7 Å². The number of nitro benzene ring substituents is 1. The Morgan fingerprint density at radius 1 is 1.40 bits per heavy atom. The second-order valence-corrected chi connectivity index (χ2v) is 4.47. The van der Waals surface area contributed by atoms with Crippen molar-refractivity contribution in [1.82, 2.24) is 0 Å². The average molecular weight is 283 g/mol. The molecule has 0 radical (unpaired) electrons. The first-order valence-corrected chi connectivity index (χ1v) is 6.02. The molecule has 0 fully saturated rings. The van der Waals surface area contributed by atoms with Crippen molar-refractivity contribution in [1.29, 1.82) is 0 Å². The molecule has 7 nitrogen and oxygen atoms in total. The topological polar surface area (TPSA) is 98.9 Å². The van der Waals surface area contributed by atoms with Gasteiger partial charge in [-0.05, 0) is 6.07 Å². The SMILES string of the molecule is COc1cc(COC(=O)C(C)C)c([N+](=O)[O-])cc1CO. The lowest BCUT2D eigenvalue weighted by Crippen LogP contribution is -2.12. The first-order chi connectivity index (χ1) is 9.40. The van der Waals surface area contributed by atoms with Gasteiger partial charge in [0.2, 0.25) is 0 Å². The van der Waals surface area contributed by atoms with Crippen LogP contribution in [0.5, 0.6) is 5.75 Å². The highest BCUT2D eigenvalue weighted by Gasteiger charge is 2.20. The van der Waals surface area contributed by atoms with Gasteiger partial charge in [-0.1, -0.05) is 13.8 Å². The summed E-state index contributed by atoms with van der Waals surface area (Å²) in [6.07, 6.45) is 0. The van der Waals surface area contributed by atoms with Gasteiger partial charge in [-0.2, -0.15) is 0 Å². The maximum absolute atomic E-state index is 11.4. The predicted octanol–water partition coefficient (Wildman–Crippen LogP) is 1.79. The molecule has 1 N–H and O–H groups in total. The molecular formula is C13H17NO6. The summed E-state index contributed by atoms with van der Waals surface area (Å²) in [5.74, 6) is -0.439. The predicted molar refractivity (Wildman–Crippen MR) is 70.2 cm³/mol. The molecule has 0 heterocycles. The van der Waals surface area contributed by atoms with Crippen LogP contribution >= 0.6 is 0 Å². The molecule has 0 atom stereocenters. The fraction of sp³-hybridized carbons (Fsp3) is 0.462. The zero-order valence-electron chi connectivity index (χ0n) is 11.6. The number of esters is 1. The van der Waals surface area contributed by atoms with Crippen molar-refractivity contribution in [3.8, 4) is 5.75 Å². The number of hydrogen-bond donors (Lipinski definition) is 1. The molecule has 7 heteroatoms. The second-order valence-electron chi connectivity index (χ2n) is 4.47. The number of carbonyl (C=O) groups excluding carboxylic acids is 1. The lowest BCUT2D eigenvalue weighted by atomic mass is 10.1. The summed E-state index contributed by atoms with van der Waals surface area (Å²) in [5.41, 5.74) is 0.308. The number of ether oxygens (including phenoxy) is 2. The number of rotatable bonds is 6. The maximum atomic E-state index is 11.4. The van der Waals surface area contributed by atoms with Crippen molar-refractivity contribution in [3.63, 3.8) is 0 Å². The van der Waals surface area contributed by atoms with Crippen molar-refractivity contribution >= 4 is 11.7 Å². The summed E-state index contributed by atoms with van der Waals surface area (Å²) in [7, 11) is 1.39. The normalized spacial score (nSPS) is 10.4. The van der Waals surface area contributed by atoms with Crippen molar-refractivity contribution in [2.24, 2.45) is 5.92 Å². The van der Waals surface area contributed by atoms with E-state index >= 15 is 0 Å². The van der Waals surface area contributed by atoms with Crippen LogP contribution in [0, 0.1) is 16.0 Å². The van der Waals surface area contributed by atoms with Gasteiger partial charge in [-0.25, -0.2) is 0 Å². The van der Waals surface area contributed by atoms with Gasteiger partial charge in [-0.3, -0.25) is 14.9 Å². The van der Waals surface area contributed by atoms with Crippen molar-refractivity contribution in [3.05, 3.63) is 33.4 Å². The monoisotopic (exact) mass is 283 g/mol. The van der Waals surface area contributed by atoms with Gasteiger partial charge in [0.1, 0.15) is 12.4 Å². The minimum atomic E-state index is -0.586. The third kappa shape index (κ3) is 3.67. The van der Waals surface area contributed by atoms with Gasteiger partial charge in [-0.15, -0.1) is 0 Å². The molecule has 1 rings (SSSR count). The van der Waals surface area contributed by atoms with Crippen LogP contribution in [0.2, 0.25) is 0 Å². The summed E-state index contributed by atoms with van der Waals surface area (Å²) in [6, 6.07) is 2.62. The van der Waals surface area contributed by atoms with Crippen LogP contribution < -0.4 is 4.74 Å². The highest BCUT2D eigenvalue weighted by atomic mass is 16.6. The van der Waals surface area contributed by atoms with Gasteiger partial charge in [0, 0.05) is 11.6 Å². The van der Waals surface area contributed by atoms with E-state index in [1.807, 2.05) is 0 Å². The minimum Gasteiger partial charge on any atom is -0.496 e. The largest absolute Gasteiger partial charge is 0.496 e. The third-order valence-corrected chi connectivity index (χ3v) is 2.69. The van der Waals surface area contributed by atoms with E-state index in [0.717, 1.165) is 0 Å². The molecule has 1 aromatic rings. The van der Waals surface area contributed by atoms with Gasteiger partial charge in [0.25, 0.3) is 5.69 Å². The summed E-state index contributed by atoms with van der Waals surface area (Å²) in [6.45, 7) is 2.75. The summed E-state index contributed by atoms with van der Waals surface area (Å²) in [4.78, 5) is 21.8. The van der Waals surface area contributed by atoms with Crippen LogP contribution in [-0.4, -0.2) is 23.1 Å². The van der Waals surface area contributed by atoms with E-state index in [9.17, 15) is 14.9 Å². The maximum Gasteiger partial charge on any atom is 0.308 e. The van der Waals surface area contributed by atoms with Gasteiger partial charge >= 0.3 is 5.97 Å². The number of carbonyl (C=O) groups is 1. The molecule has 0 unspecified atom stereocenters. The molecule has 0 aromatic heterocycles. The molecule has 0 aliphatic heterocycles. The lowest BCUT2D eigenvalue weighted by Gasteiger charge is -2.11. The quantitative estimate of drug-likeness (QED) is 0.485. The number of hydrogen-bond acceptors (Lipinski definition) is 6. The number of nitrogens with zero attached hydrogens (tertiary/aromatic N) is 1. The Morgan fingerprint density at radius 2 is 2.05 bits per heavy atom. The lowest BCUT2D eigenvalue weighted by molar-refractivity contribution is -0.386. The molecule has 20 heavy (non-hydrogen) atoms. The van der Waals surface area contributed by atoms with E-state index in [1.165, 1.54) is 19.2 Å². The molecule has 0 spiro atoms. The summed E-state index contributed by atoms with van der Waals surface area (Å²) in [5, 5.41) is 20.2. The zero-order valence-corrected chi connectivity index (χ0v) is 11.6. The molecule has 0 amide bonds. The first-order valence-electron chi connectivity index (χ1n) is 6.02. The fourth-order valence-corrected chi connectivity index (χ4v) is 1.57. The number of nitro groups is 1. The molecule has 0 saturated heterocycles. The molecule has 0 aliphatic carbocycles. The molecule has 0 aliphatic rings. The Morgan fingerprint density at radius 3 is 2.50 bits per heavy atom. The Labute approximate surface area is 116 Å². The molecule has 110 valence electrons. The highest BCUT2D eigenvalue weighted by molar-refractivity contribution is 5.71. The van der Waals surface area contributed by atoms with E-state index in [1.54, 1.807) is 13.8 Å². The van der Waals surface area contributed by atoms with Crippen molar-refractivity contribution in [2.75, 3.05) is 7.11 Å². The van der Waals surface area contributed by atoms with Crippen LogP contribution in [0.1, 0.15) is 25.0 Å². The van der Waals surface area contributed by atoms with E-state index in [-0.39, 0.29) is 30.4 Å². The first kappa shape index (κ1) is 15.9. The van der Waals surface area contributed by atoms with Crippen LogP contribution in [0.3, 0.4) is 0 Å². The standard InChI is InChI=1S/C13H17NO6/c1-8(2)13(16)20-7-10-5-12(19-3)9(6-15)4-11(10)14(17)18/h4-5,8,15H,6-7H2,1-3H3. The van der Waals surface area contributed by atoms with Crippen molar-refractivity contribution in [2.45, 2.75) is 27.1 Å². The average Bonchev–Trinajstić information content (AvgIpc) is 2.43. The number of aliphatic hydroxyl groups excluding tert-OH is 1. The second kappa shape index (κ2) is 6.85. The van der Waals surface area contributed by atoms with E-state index < -0.39 is 10.9 Å². The van der Waals surface area contributed by atoms with Gasteiger partial charge in [0.05, 0.1) is 30.1 Å². The van der Waals surface area contributed by atoms with Crippen LogP contribution in [0.25, 0.3) is 0 Å². The molecule has 1 aromatic carbocycles. The number of methoxy groups -OCH3 is 1. The molecule has 0 bridgehead atoms. The molecule has 0 saturated carbocycles. The van der Waals surface area contributed by atoms with Crippen LogP contribution in [0.15, 0.2) is 12.1 Å². The van der Waals surface area contributed by atoms with Gasteiger partial charge < -0.3 is 14.6 Å². The van der Waals surface area contributed by atoms with Gasteiger partial charge in [0.15, 0.2) is 0 Å². The summed E-state index contributed by atoms with van der Waals surface area (Å²) >= 11 is 0. The Balaban J connectivity index is 3.09. The van der Waals surface area contributed by atoms with E-state index in [0.29, 0.717) is 11.3 Å². The summed E-state index contributed by atoms with van der Waals surface area (Å²) < 4.78 is 10.0. The minimum absolute atomic E-state index is 0.213. The molecular weight excluding hydrogens is 266 g/mol. The van der Waals surface area contributed by atoms with E-state index in [2.05, 4.69) is 0 Å². The zero-order chi connectivity index (χ0) is 15.3.